The SMILES string of the molecule is Cc1nc(-c2nnn(Cc3ccc(C(F)(F)F)cc3)n2)sc1C(=O)CCc1cccnc1. The number of tetrazole rings is 1. The summed E-state index contributed by atoms with van der Waals surface area (Å²) in [6, 6.07) is 8.53. The van der Waals surface area contributed by atoms with Crippen molar-refractivity contribution in [3.63, 3.8) is 0 Å². The maximum absolute atomic E-state index is 12.7. The summed E-state index contributed by atoms with van der Waals surface area (Å²) in [4.78, 5) is 22.9. The van der Waals surface area contributed by atoms with E-state index in [9.17, 15) is 18.0 Å². The highest BCUT2D eigenvalue weighted by atomic mass is 32.1. The number of hydrogen-bond acceptors (Lipinski definition) is 7. The number of benzene rings is 1. The predicted octanol–water partition coefficient (Wildman–Crippen LogP) is 4.38. The molecule has 0 N–H and O–H groups in total. The molecular formula is C21H17F3N6OS. The van der Waals surface area contributed by atoms with E-state index in [0.29, 0.717) is 34.0 Å². The molecule has 0 bridgehead atoms. The molecule has 1 aromatic carbocycles. The molecule has 0 aliphatic rings. The fourth-order valence-electron chi connectivity index (χ4n) is 3.03. The summed E-state index contributed by atoms with van der Waals surface area (Å²) >= 11 is 1.20. The summed E-state index contributed by atoms with van der Waals surface area (Å²) in [6.07, 6.45) is -0.0457. The molecule has 0 radical (unpaired) electrons. The first-order chi connectivity index (χ1) is 15.3. The molecule has 3 aromatic heterocycles. The Bertz CT molecular complexity index is 1220. The van der Waals surface area contributed by atoms with Crippen LogP contribution in [0.15, 0.2) is 48.8 Å². The Morgan fingerprint density at radius 1 is 1.12 bits per heavy atom. The van der Waals surface area contributed by atoms with Crippen molar-refractivity contribution in [2.24, 2.45) is 0 Å². The molecule has 11 heteroatoms. The predicted molar refractivity (Wildman–Crippen MR) is 111 cm³/mol. The van der Waals surface area contributed by atoms with Gasteiger partial charge in [-0.1, -0.05) is 18.2 Å². The molecule has 3 heterocycles. The number of ketones is 1. The lowest BCUT2D eigenvalue weighted by Crippen LogP contribution is -2.07. The number of nitrogens with zero attached hydrogens (tertiary/aromatic N) is 6. The molecule has 4 aromatic rings. The van der Waals surface area contributed by atoms with E-state index in [1.165, 1.54) is 28.3 Å². The lowest BCUT2D eigenvalue weighted by atomic mass is 10.1. The first-order valence-electron chi connectivity index (χ1n) is 9.63. The van der Waals surface area contributed by atoms with E-state index < -0.39 is 11.7 Å². The largest absolute Gasteiger partial charge is 0.416 e. The minimum Gasteiger partial charge on any atom is -0.293 e. The quantitative estimate of drug-likeness (QED) is 0.382. The van der Waals surface area contributed by atoms with E-state index >= 15 is 0 Å². The second-order valence-corrected chi connectivity index (χ2v) is 8.06. The molecular weight excluding hydrogens is 441 g/mol. The second-order valence-electron chi connectivity index (χ2n) is 7.06. The molecule has 0 fully saturated rings. The number of aromatic nitrogens is 6. The molecule has 0 aliphatic carbocycles. The smallest absolute Gasteiger partial charge is 0.293 e. The van der Waals surface area contributed by atoms with Gasteiger partial charge in [-0.15, -0.1) is 21.5 Å². The average molecular weight is 458 g/mol. The number of hydrogen-bond donors (Lipinski definition) is 0. The number of aryl methyl sites for hydroxylation is 2. The molecule has 0 amide bonds. The Kier molecular flexibility index (Phi) is 6.08. The van der Waals surface area contributed by atoms with Crippen LogP contribution >= 0.6 is 11.3 Å². The van der Waals surface area contributed by atoms with Gasteiger partial charge < -0.3 is 0 Å². The monoisotopic (exact) mass is 458 g/mol. The normalized spacial score (nSPS) is 11.6. The van der Waals surface area contributed by atoms with Crippen LogP contribution in [0, 0.1) is 6.92 Å². The zero-order valence-corrected chi connectivity index (χ0v) is 17.7. The van der Waals surface area contributed by atoms with Crippen molar-refractivity contribution in [1.82, 2.24) is 30.2 Å². The molecule has 32 heavy (non-hydrogen) atoms. The third-order valence-corrected chi connectivity index (χ3v) is 5.86. The van der Waals surface area contributed by atoms with Gasteiger partial charge in [0.1, 0.15) is 0 Å². The van der Waals surface area contributed by atoms with Gasteiger partial charge >= 0.3 is 6.18 Å². The maximum atomic E-state index is 12.7. The summed E-state index contributed by atoms with van der Waals surface area (Å²) in [5.41, 5.74) is 1.47. The van der Waals surface area contributed by atoms with Gasteiger partial charge in [0.2, 0.25) is 5.82 Å². The molecule has 0 saturated carbocycles. The first-order valence-corrected chi connectivity index (χ1v) is 10.4. The van der Waals surface area contributed by atoms with E-state index in [1.54, 1.807) is 19.3 Å². The summed E-state index contributed by atoms with van der Waals surface area (Å²) in [6.45, 7) is 1.91. The molecule has 0 atom stereocenters. The zero-order valence-electron chi connectivity index (χ0n) is 16.9. The minimum absolute atomic E-state index is 0.0211. The Morgan fingerprint density at radius 3 is 2.59 bits per heavy atom. The third kappa shape index (κ3) is 5.05. The van der Waals surface area contributed by atoms with Gasteiger partial charge in [0.15, 0.2) is 10.8 Å². The van der Waals surface area contributed by atoms with E-state index in [0.717, 1.165) is 17.7 Å². The van der Waals surface area contributed by atoms with Crippen LogP contribution in [-0.4, -0.2) is 36.0 Å². The Balaban J connectivity index is 1.43. The van der Waals surface area contributed by atoms with Crippen molar-refractivity contribution in [1.29, 1.82) is 0 Å². The van der Waals surface area contributed by atoms with Crippen LogP contribution in [0.1, 0.15) is 38.5 Å². The Labute approximate surface area is 185 Å². The van der Waals surface area contributed by atoms with Crippen LogP contribution in [0.25, 0.3) is 10.8 Å². The summed E-state index contributed by atoms with van der Waals surface area (Å²) < 4.78 is 38.1. The third-order valence-electron chi connectivity index (χ3n) is 4.66. The van der Waals surface area contributed by atoms with Crippen molar-refractivity contribution < 1.29 is 18.0 Å². The minimum atomic E-state index is -4.38. The van der Waals surface area contributed by atoms with Crippen LogP contribution in [0.3, 0.4) is 0 Å². The topological polar surface area (TPSA) is 86.5 Å². The van der Waals surface area contributed by atoms with E-state index in [2.05, 4.69) is 25.4 Å². The van der Waals surface area contributed by atoms with Crippen LogP contribution in [0.4, 0.5) is 13.2 Å². The van der Waals surface area contributed by atoms with Gasteiger partial charge in [-0.05, 0) is 47.9 Å². The Morgan fingerprint density at radius 2 is 1.91 bits per heavy atom. The standard InChI is InChI=1S/C21H17F3N6OS/c1-13-18(17(31)9-6-14-3-2-10-25-11-14)32-20(26-13)19-27-29-30(28-19)12-15-4-7-16(8-5-15)21(22,23)24/h2-5,7-8,10-11H,6,9,12H2,1H3. The van der Waals surface area contributed by atoms with Crippen LogP contribution in [-0.2, 0) is 19.1 Å². The van der Waals surface area contributed by atoms with Crippen molar-refractivity contribution in [3.05, 3.63) is 76.1 Å². The van der Waals surface area contributed by atoms with Crippen molar-refractivity contribution in [2.45, 2.75) is 32.5 Å². The summed E-state index contributed by atoms with van der Waals surface area (Å²) in [5, 5.41) is 12.6. The van der Waals surface area contributed by atoms with Gasteiger partial charge in [-0.3, -0.25) is 9.78 Å². The molecule has 0 saturated heterocycles. The molecule has 0 aliphatic heterocycles. The molecule has 7 nitrogen and oxygen atoms in total. The highest BCUT2D eigenvalue weighted by molar-refractivity contribution is 7.17. The number of halogens is 3. The number of pyridine rings is 1. The van der Waals surface area contributed by atoms with E-state index in [4.69, 9.17) is 0 Å². The molecule has 0 spiro atoms. The lowest BCUT2D eigenvalue weighted by molar-refractivity contribution is -0.137. The van der Waals surface area contributed by atoms with Crippen LogP contribution in [0.5, 0.6) is 0 Å². The lowest BCUT2D eigenvalue weighted by Gasteiger charge is -2.07. The summed E-state index contributed by atoms with van der Waals surface area (Å²) in [5.74, 6) is 0.239. The first kappa shape index (κ1) is 21.8. The highest BCUT2D eigenvalue weighted by Crippen LogP contribution is 2.29. The van der Waals surface area contributed by atoms with Crippen molar-refractivity contribution in [2.75, 3.05) is 0 Å². The van der Waals surface area contributed by atoms with Gasteiger partial charge in [-0.25, -0.2) is 4.98 Å². The van der Waals surface area contributed by atoms with Crippen LogP contribution < -0.4 is 0 Å². The molecule has 4 rings (SSSR count). The zero-order chi connectivity index (χ0) is 22.7. The molecule has 164 valence electrons. The fraction of sp³-hybridized carbons (Fsp3) is 0.238. The number of carbonyl (C=O) groups is 1. The van der Waals surface area contributed by atoms with Crippen molar-refractivity contribution >= 4 is 17.1 Å². The number of rotatable bonds is 7. The number of alkyl halides is 3. The number of thiazole rings is 1. The summed E-state index contributed by atoms with van der Waals surface area (Å²) in [7, 11) is 0. The van der Waals surface area contributed by atoms with Gasteiger partial charge in [0.05, 0.1) is 22.7 Å². The van der Waals surface area contributed by atoms with Crippen LogP contribution in [0.2, 0.25) is 0 Å². The van der Waals surface area contributed by atoms with Gasteiger partial charge in [0.25, 0.3) is 0 Å². The van der Waals surface area contributed by atoms with Gasteiger partial charge in [-0.2, -0.15) is 18.0 Å². The Hall–Kier alpha value is -3.47. The van der Waals surface area contributed by atoms with E-state index in [1.807, 2.05) is 12.1 Å². The molecule has 0 unspecified atom stereocenters. The fourth-order valence-corrected chi connectivity index (χ4v) is 3.98. The number of carbonyl (C=O) groups excluding carboxylic acids is 1. The van der Waals surface area contributed by atoms with Gasteiger partial charge in [0, 0.05) is 18.8 Å². The van der Waals surface area contributed by atoms with E-state index in [-0.39, 0.29) is 18.2 Å². The highest BCUT2D eigenvalue weighted by Gasteiger charge is 2.30. The maximum Gasteiger partial charge on any atom is 0.416 e. The van der Waals surface area contributed by atoms with Crippen molar-refractivity contribution in [3.8, 4) is 10.8 Å². The number of Topliss-reactive ketones (excluding diaryl/α,β-unsaturated/α-hetero) is 1. The second kappa shape index (κ2) is 8.95. The average Bonchev–Trinajstić information content (AvgIpc) is 3.39.